The highest BCUT2D eigenvalue weighted by Crippen LogP contribution is 2.36. The van der Waals surface area contributed by atoms with Gasteiger partial charge in [-0.05, 0) is 61.9 Å². The summed E-state index contributed by atoms with van der Waals surface area (Å²) >= 11 is 1.60. The number of fused-ring (bicyclic) bond motifs is 1. The van der Waals surface area contributed by atoms with Crippen LogP contribution in [0.25, 0.3) is 10.2 Å². The Balaban J connectivity index is 1.58. The maximum atomic E-state index is 13.2. The van der Waals surface area contributed by atoms with Crippen molar-refractivity contribution in [3.8, 4) is 0 Å². The first-order chi connectivity index (χ1) is 14.9. The van der Waals surface area contributed by atoms with Crippen LogP contribution >= 0.6 is 11.3 Å². The van der Waals surface area contributed by atoms with Gasteiger partial charge in [-0.1, -0.05) is 24.3 Å². The Morgan fingerprint density at radius 1 is 1.19 bits per heavy atom. The van der Waals surface area contributed by atoms with Crippen LogP contribution < -0.4 is 10.6 Å². The number of hydrogen-bond acceptors (Lipinski definition) is 6. The van der Waals surface area contributed by atoms with Gasteiger partial charge in [0, 0.05) is 19.3 Å². The summed E-state index contributed by atoms with van der Waals surface area (Å²) in [7, 11) is 1.85. The number of nitrogens with zero attached hydrogens (tertiary/aromatic N) is 3. The number of amides is 2. The molecule has 0 aliphatic carbocycles. The molecular formula is C23H27N5O2S. The number of aryl methyl sites for hydroxylation is 2. The van der Waals surface area contributed by atoms with Gasteiger partial charge in [0.2, 0.25) is 0 Å². The molecule has 162 valence electrons. The van der Waals surface area contributed by atoms with Gasteiger partial charge in [0.05, 0.1) is 28.1 Å². The molecule has 0 radical (unpaired) electrons. The van der Waals surface area contributed by atoms with Gasteiger partial charge >= 0.3 is 11.8 Å². The number of rotatable bonds is 3. The molecule has 4 rings (SSSR count). The molecule has 0 unspecified atom stereocenters. The van der Waals surface area contributed by atoms with Gasteiger partial charge in [0.25, 0.3) is 0 Å². The summed E-state index contributed by atoms with van der Waals surface area (Å²) in [5, 5.41) is 6.66. The minimum Gasteiger partial charge on any atom is -0.365 e. The van der Waals surface area contributed by atoms with Crippen LogP contribution in [0.1, 0.15) is 42.6 Å². The van der Waals surface area contributed by atoms with Gasteiger partial charge in [-0.15, -0.1) is 0 Å². The molecule has 0 bridgehead atoms. The standard InChI is InChI=1S/C23H27N5O2S/c1-13-5-7-19(16-6-8-20-18(10-16)27-23(24-4)31-20)28(12-13)22(30)21(29)26-17-9-14(2)15(3)25-11-17/h6,8-11,13,19H,5,7,12H2,1-4H3,(H,24,27)(H,26,29)/t13-,19+/m1/s1. The van der Waals surface area contributed by atoms with E-state index >= 15 is 0 Å². The number of anilines is 2. The lowest BCUT2D eigenvalue weighted by Gasteiger charge is -2.38. The Morgan fingerprint density at radius 2 is 2.00 bits per heavy atom. The number of benzene rings is 1. The predicted octanol–water partition coefficient (Wildman–Crippen LogP) is 4.29. The van der Waals surface area contributed by atoms with Crippen molar-refractivity contribution in [1.29, 1.82) is 0 Å². The molecule has 1 saturated heterocycles. The van der Waals surface area contributed by atoms with Crippen molar-refractivity contribution in [2.75, 3.05) is 24.2 Å². The summed E-state index contributed by atoms with van der Waals surface area (Å²) in [4.78, 5) is 36.5. The van der Waals surface area contributed by atoms with E-state index in [1.165, 1.54) is 0 Å². The third-order valence-electron chi connectivity index (χ3n) is 5.88. The molecule has 0 saturated carbocycles. The van der Waals surface area contributed by atoms with Crippen LogP contribution in [0.15, 0.2) is 30.5 Å². The lowest BCUT2D eigenvalue weighted by Crippen LogP contribution is -2.46. The first-order valence-corrected chi connectivity index (χ1v) is 11.3. The lowest BCUT2D eigenvalue weighted by molar-refractivity contribution is -0.146. The van der Waals surface area contributed by atoms with Crippen LogP contribution in [-0.2, 0) is 9.59 Å². The number of hydrogen-bond donors (Lipinski definition) is 2. The van der Waals surface area contributed by atoms with Gasteiger partial charge in [0.15, 0.2) is 5.13 Å². The normalized spacial score (nSPS) is 18.8. The molecule has 1 aromatic carbocycles. The summed E-state index contributed by atoms with van der Waals surface area (Å²) in [6.07, 6.45) is 3.41. The fraction of sp³-hybridized carbons (Fsp3) is 0.391. The first-order valence-electron chi connectivity index (χ1n) is 10.5. The molecule has 8 heteroatoms. The van der Waals surface area contributed by atoms with Crippen molar-refractivity contribution in [1.82, 2.24) is 14.9 Å². The zero-order chi connectivity index (χ0) is 22.1. The Morgan fingerprint density at radius 3 is 2.74 bits per heavy atom. The van der Waals surface area contributed by atoms with Crippen molar-refractivity contribution in [3.63, 3.8) is 0 Å². The van der Waals surface area contributed by atoms with Crippen molar-refractivity contribution < 1.29 is 9.59 Å². The van der Waals surface area contributed by atoms with Gasteiger partial charge in [-0.2, -0.15) is 0 Å². The zero-order valence-corrected chi connectivity index (χ0v) is 19.0. The minimum atomic E-state index is -0.628. The van der Waals surface area contributed by atoms with Gasteiger partial charge in [-0.25, -0.2) is 4.98 Å². The monoisotopic (exact) mass is 437 g/mol. The molecule has 1 aliphatic heterocycles. The van der Waals surface area contributed by atoms with E-state index in [4.69, 9.17) is 0 Å². The Kier molecular flexibility index (Phi) is 5.91. The van der Waals surface area contributed by atoms with Crippen LogP contribution in [0.5, 0.6) is 0 Å². The minimum absolute atomic E-state index is 0.142. The molecule has 31 heavy (non-hydrogen) atoms. The van der Waals surface area contributed by atoms with Crippen LogP contribution in [0, 0.1) is 19.8 Å². The predicted molar refractivity (Wildman–Crippen MR) is 124 cm³/mol. The van der Waals surface area contributed by atoms with Crippen molar-refractivity contribution >= 4 is 44.2 Å². The summed E-state index contributed by atoms with van der Waals surface area (Å²) < 4.78 is 1.09. The first kappa shape index (κ1) is 21.2. The second kappa shape index (κ2) is 8.63. The number of likely N-dealkylation sites (tertiary alicyclic amines) is 1. The van der Waals surface area contributed by atoms with Crippen LogP contribution in [-0.4, -0.2) is 40.3 Å². The third-order valence-corrected chi connectivity index (χ3v) is 6.93. The van der Waals surface area contributed by atoms with E-state index in [0.29, 0.717) is 18.2 Å². The van der Waals surface area contributed by atoms with E-state index in [2.05, 4.69) is 27.5 Å². The number of aromatic nitrogens is 2. The van der Waals surface area contributed by atoms with E-state index in [9.17, 15) is 9.59 Å². The van der Waals surface area contributed by atoms with E-state index < -0.39 is 11.8 Å². The second-order valence-electron chi connectivity index (χ2n) is 8.23. The third kappa shape index (κ3) is 4.39. The molecule has 2 N–H and O–H groups in total. The summed E-state index contributed by atoms with van der Waals surface area (Å²) in [5.74, 6) is -0.796. The Hall–Kier alpha value is -3.00. The highest BCUT2D eigenvalue weighted by Gasteiger charge is 2.34. The topological polar surface area (TPSA) is 87.2 Å². The fourth-order valence-electron chi connectivity index (χ4n) is 4.01. The average molecular weight is 438 g/mol. The molecule has 2 atom stereocenters. The molecule has 1 fully saturated rings. The highest BCUT2D eigenvalue weighted by atomic mass is 32.1. The molecule has 1 aliphatic rings. The SMILES string of the molecule is CNc1nc2cc([C@@H]3CC[C@@H](C)CN3C(=O)C(=O)Nc3cnc(C)c(C)c3)ccc2s1. The van der Waals surface area contributed by atoms with E-state index in [1.54, 1.807) is 22.4 Å². The number of pyridine rings is 1. The van der Waals surface area contributed by atoms with E-state index in [0.717, 1.165) is 45.0 Å². The fourth-order valence-corrected chi connectivity index (χ4v) is 4.81. The molecule has 7 nitrogen and oxygen atoms in total. The summed E-state index contributed by atoms with van der Waals surface area (Å²) in [5.41, 5.74) is 4.32. The number of carbonyl (C=O) groups is 2. The summed E-state index contributed by atoms with van der Waals surface area (Å²) in [6, 6.07) is 7.82. The van der Waals surface area contributed by atoms with Gasteiger partial charge < -0.3 is 15.5 Å². The smallest absolute Gasteiger partial charge is 0.313 e. The quantitative estimate of drug-likeness (QED) is 0.597. The van der Waals surface area contributed by atoms with Crippen LogP contribution in [0.2, 0.25) is 0 Å². The number of piperidine rings is 1. The van der Waals surface area contributed by atoms with Crippen molar-refractivity contribution in [2.45, 2.75) is 39.7 Å². The lowest BCUT2D eigenvalue weighted by atomic mass is 9.89. The summed E-state index contributed by atoms with van der Waals surface area (Å²) in [6.45, 7) is 6.50. The Bertz CT molecular complexity index is 1140. The van der Waals surface area contributed by atoms with E-state index in [-0.39, 0.29) is 6.04 Å². The van der Waals surface area contributed by atoms with Gasteiger partial charge in [0.1, 0.15) is 0 Å². The van der Waals surface area contributed by atoms with E-state index in [1.807, 2.05) is 45.2 Å². The van der Waals surface area contributed by atoms with Gasteiger partial charge in [-0.3, -0.25) is 14.6 Å². The number of carbonyl (C=O) groups excluding carboxylic acids is 2. The Labute approximate surface area is 185 Å². The molecular weight excluding hydrogens is 410 g/mol. The molecule has 2 aromatic heterocycles. The molecule has 3 aromatic rings. The maximum absolute atomic E-state index is 13.2. The van der Waals surface area contributed by atoms with Crippen LogP contribution in [0.4, 0.5) is 10.8 Å². The second-order valence-corrected chi connectivity index (χ2v) is 9.26. The zero-order valence-electron chi connectivity index (χ0n) is 18.2. The highest BCUT2D eigenvalue weighted by molar-refractivity contribution is 7.22. The number of nitrogens with one attached hydrogen (secondary N) is 2. The number of thiazole rings is 1. The average Bonchev–Trinajstić information content (AvgIpc) is 3.18. The molecule has 0 spiro atoms. The molecule has 3 heterocycles. The van der Waals surface area contributed by atoms with Crippen molar-refractivity contribution in [2.24, 2.45) is 5.92 Å². The van der Waals surface area contributed by atoms with Crippen LogP contribution in [0.3, 0.4) is 0 Å². The van der Waals surface area contributed by atoms with Crippen molar-refractivity contribution in [3.05, 3.63) is 47.3 Å². The largest absolute Gasteiger partial charge is 0.365 e. The molecule has 2 amide bonds. The maximum Gasteiger partial charge on any atom is 0.313 e.